The Hall–Kier alpha value is -1.79. The van der Waals surface area contributed by atoms with Crippen LogP contribution < -0.4 is 5.32 Å². The van der Waals surface area contributed by atoms with E-state index < -0.39 is 5.60 Å². The molecule has 1 aliphatic rings. The highest BCUT2D eigenvalue weighted by atomic mass is 16.6. The zero-order chi connectivity index (χ0) is 17.0. The van der Waals surface area contributed by atoms with Gasteiger partial charge in [-0.1, -0.05) is 12.1 Å². The van der Waals surface area contributed by atoms with Crippen molar-refractivity contribution in [2.24, 2.45) is 0 Å². The number of carbonyl (C=O) groups excluding carboxylic acids is 1. The average molecular weight is 322 g/mol. The molecule has 6 nitrogen and oxygen atoms in total. The van der Waals surface area contributed by atoms with E-state index in [1.165, 1.54) is 0 Å². The first-order chi connectivity index (χ1) is 10.8. The van der Waals surface area contributed by atoms with Gasteiger partial charge in [0.15, 0.2) is 0 Å². The van der Waals surface area contributed by atoms with Crippen molar-refractivity contribution in [3.8, 4) is 0 Å². The first-order valence-electron chi connectivity index (χ1n) is 7.80. The fourth-order valence-electron chi connectivity index (χ4n) is 2.49. The second-order valence-electron chi connectivity index (χ2n) is 6.70. The van der Waals surface area contributed by atoms with Crippen LogP contribution >= 0.6 is 0 Å². The molecule has 0 saturated carbocycles. The number of rotatable bonds is 5. The van der Waals surface area contributed by atoms with Gasteiger partial charge in [0.1, 0.15) is 5.60 Å². The lowest BCUT2D eigenvalue weighted by Crippen LogP contribution is -2.33. The minimum atomic E-state index is -0.500. The summed E-state index contributed by atoms with van der Waals surface area (Å²) < 4.78 is 10.6. The molecular formula is C17H26N2O4. The molecule has 0 aromatic heterocycles. The molecule has 0 radical (unpaired) electrons. The normalized spacial score (nSPS) is 15.3. The quantitative estimate of drug-likeness (QED) is 0.871. The van der Waals surface area contributed by atoms with Crippen LogP contribution in [0.25, 0.3) is 0 Å². The Balaban J connectivity index is 2.05. The predicted octanol–water partition coefficient (Wildman–Crippen LogP) is 2.36. The number of anilines is 1. The van der Waals surface area contributed by atoms with Crippen molar-refractivity contribution in [1.82, 2.24) is 4.90 Å². The van der Waals surface area contributed by atoms with Crippen molar-refractivity contribution in [2.75, 3.05) is 25.6 Å². The maximum atomic E-state index is 12.2. The molecule has 1 aliphatic heterocycles. The summed E-state index contributed by atoms with van der Waals surface area (Å²) in [6.07, 6.45) is -0.556. The van der Waals surface area contributed by atoms with Crippen LogP contribution in [0, 0.1) is 0 Å². The summed E-state index contributed by atoms with van der Waals surface area (Å²) in [6, 6.07) is 5.95. The van der Waals surface area contributed by atoms with Gasteiger partial charge >= 0.3 is 6.09 Å². The number of nitrogens with zero attached hydrogens (tertiary/aromatic N) is 1. The lowest BCUT2D eigenvalue weighted by molar-refractivity contribution is 0.0242. The number of benzene rings is 1. The highest BCUT2D eigenvalue weighted by Gasteiger charge is 2.29. The monoisotopic (exact) mass is 322 g/mol. The lowest BCUT2D eigenvalue weighted by Gasteiger charge is -2.24. The molecule has 1 atom stereocenters. The third kappa shape index (κ3) is 4.59. The summed E-state index contributed by atoms with van der Waals surface area (Å²) >= 11 is 0. The largest absolute Gasteiger partial charge is 0.444 e. The Morgan fingerprint density at radius 3 is 2.74 bits per heavy atom. The van der Waals surface area contributed by atoms with Gasteiger partial charge in [-0.2, -0.15) is 0 Å². The van der Waals surface area contributed by atoms with E-state index in [9.17, 15) is 9.90 Å². The van der Waals surface area contributed by atoms with Crippen molar-refractivity contribution >= 4 is 11.8 Å². The molecule has 2 N–H and O–H groups in total. The first kappa shape index (κ1) is 17.6. The topological polar surface area (TPSA) is 71.0 Å². The summed E-state index contributed by atoms with van der Waals surface area (Å²) in [5.74, 6) is 0. The number of aliphatic hydroxyl groups excluding tert-OH is 1. The molecule has 23 heavy (non-hydrogen) atoms. The lowest BCUT2D eigenvalue weighted by atomic mass is 10.1. The van der Waals surface area contributed by atoms with Gasteiger partial charge in [-0.15, -0.1) is 0 Å². The number of nitrogens with one attached hydrogen (secondary N) is 1. The number of fused-ring (bicyclic) bond motifs is 1. The number of amides is 1. The third-order valence-corrected chi connectivity index (χ3v) is 3.69. The SMILES string of the molecule is COC(CO)CNc1cccc2c1CN(C(=O)OC(C)(C)C)C2. The number of hydrogen-bond donors (Lipinski definition) is 2. The molecule has 2 rings (SSSR count). The highest BCUT2D eigenvalue weighted by molar-refractivity contribution is 5.71. The predicted molar refractivity (Wildman–Crippen MR) is 88.3 cm³/mol. The van der Waals surface area contributed by atoms with E-state index >= 15 is 0 Å². The summed E-state index contributed by atoms with van der Waals surface area (Å²) in [5, 5.41) is 12.5. The second kappa shape index (κ2) is 7.19. The van der Waals surface area contributed by atoms with Crippen LogP contribution in [0.4, 0.5) is 10.5 Å². The van der Waals surface area contributed by atoms with Crippen molar-refractivity contribution in [3.05, 3.63) is 29.3 Å². The van der Waals surface area contributed by atoms with E-state index in [1.807, 2.05) is 39.0 Å². The summed E-state index contributed by atoms with van der Waals surface area (Å²) in [4.78, 5) is 13.9. The number of carbonyl (C=O) groups is 1. The van der Waals surface area contributed by atoms with E-state index in [1.54, 1.807) is 12.0 Å². The fourth-order valence-corrected chi connectivity index (χ4v) is 2.49. The van der Waals surface area contributed by atoms with Gasteiger partial charge in [-0.25, -0.2) is 4.79 Å². The molecule has 0 saturated heterocycles. The number of aliphatic hydroxyl groups is 1. The Morgan fingerprint density at radius 1 is 1.39 bits per heavy atom. The Morgan fingerprint density at radius 2 is 2.13 bits per heavy atom. The summed E-state index contributed by atoms with van der Waals surface area (Å²) in [5.41, 5.74) is 2.66. The third-order valence-electron chi connectivity index (χ3n) is 3.69. The molecular weight excluding hydrogens is 296 g/mol. The molecule has 0 spiro atoms. The Labute approximate surface area is 137 Å². The van der Waals surface area contributed by atoms with Gasteiger partial charge < -0.3 is 19.9 Å². The number of methoxy groups -OCH3 is 1. The average Bonchev–Trinajstić information content (AvgIpc) is 2.91. The van der Waals surface area contributed by atoms with Crippen LogP contribution in [0.15, 0.2) is 18.2 Å². The molecule has 0 bridgehead atoms. The zero-order valence-corrected chi connectivity index (χ0v) is 14.3. The fraction of sp³-hybridized carbons (Fsp3) is 0.588. The molecule has 1 amide bonds. The summed E-state index contributed by atoms with van der Waals surface area (Å²) in [7, 11) is 1.57. The Bertz CT molecular complexity index is 550. The minimum Gasteiger partial charge on any atom is -0.444 e. The molecule has 0 fully saturated rings. The molecule has 1 unspecified atom stereocenters. The van der Waals surface area contributed by atoms with Crippen LogP contribution in [0.2, 0.25) is 0 Å². The molecule has 1 aromatic rings. The van der Waals surface area contributed by atoms with Crippen molar-refractivity contribution < 1.29 is 19.4 Å². The van der Waals surface area contributed by atoms with Gasteiger partial charge in [-0.05, 0) is 38.0 Å². The van der Waals surface area contributed by atoms with Crippen LogP contribution in [0.1, 0.15) is 31.9 Å². The first-order valence-corrected chi connectivity index (χ1v) is 7.80. The van der Waals surface area contributed by atoms with E-state index in [-0.39, 0.29) is 18.8 Å². The number of hydrogen-bond acceptors (Lipinski definition) is 5. The highest BCUT2D eigenvalue weighted by Crippen LogP contribution is 2.30. The second-order valence-corrected chi connectivity index (χ2v) is 6.70. The maximum absolute atomic E-state index is 12.2. The molecule has 6 heteroatoms. The Kier molecular flexibility index (Phi) is 5.49. The standard InChI is InChI=1S/C17H26N2O4/c1-17(2,3)23-16(21)19-9-12-6-5-7-15(14(12)10-19)18-8-13(11-20)22-4/h5-7,13,18,20H,8-11H2,1-4H3. The van der Waals surface area contributed by atoms with Crippen LogP contribution in [-0.2, 0) is 22.6 Å². The summed E-state index contributed by atoms with van der Waals surface area (Å²) in [6.45, 7) is 7.12. The van der Waals surface area contributed by atoms with Gasteiger partial charge in [-0.3, -0.25) is 4.90 Å². The van der Waals surface area contributed by atoms with E-state index in [0.29, 0.717) is 19.6 Å². The maximum Gasteiger partial charge on any atom is 0.410 e. The van der Waals surface area contributed by atoms with Crippen molar-refractivity contribution in [1.29, 1.82) is 0 Å². The minimum absolute atomic E-state index is 0.0391. The van der Waals surface area contributed by atoms with E-state index in [0.717, 1.165) is 16.8 Å². The van der Waals surface area contributed by atoms with Crippen molar-refractivity contribution in [3.63, 3.8) is 0 Å². The smallest absolute Gasteiger partial charge is 0.410 e. The van der Waals surface area contributed by atoms with Crippen molar-refractivity contribution in [2.45, 2.75) is 45.6 Å². The van der Waals surface area contributed by atoms with Gasteiger partial charge in [0.25, 0.3) is 0 Å². The molecule has 128 valence electrons. The van der Waals surface area contributed by atoms with Gasteiger partial charge in [0.05, 0.1) is 19.3 Å². The molecule has 0 aliphatic carbocycles. The van der Waals surface area contributed by atoms with E-state index in [4.69, 9.17) is 9.47 Å². The zero-order valence-electron chi connectivity index (χ0n) is 14.3. The van der Waals surface area contributed by atoms with Crippen LogP contribution in [0.5, 0.6) is 0 Å². The molecule has 1 heterocycles. The van der Waals surface area contributed by atoms with E-state index in [2.05, 4.69) is 5.32 Å². The molecule has 1 aromatic carbocycles. The van der Waals surface area contributed by atoms with Crippen LogP contribution in [0.3, 0.4) is 0 Å². The van der Waals surface area contributed by atoms with Gasteiger partial charge in [0.2, 0.25) is 0 Å². The number of ether oxygens (including phenoxy) is 2. The van der Waals surface area contributed by atoms with Crippen LogP contribution in [-0.4, -0.2) is 48.1 Å². The van der Waals surface area contributed by atoms with Gasteiger partial charge in [0, 0.05) is 25.9 Å².